The van der Waals surface area contributed by atoms with Gasteiger partial charge in [-0.2, -0.15) is 0 Å². The van der Waals surface area contributed by atoms with Gasteiger partial charge in [0.25, 0.3) is 0 Å². The highest BCUT2D eigenvalue weighted by atomic mass is 15.3. The van der Waals surface area contributed by atoms with Gasteiger partial charge >= 0.3 is 0 Å². The van der Waals surface area contributed by atoms with Crippen molar-refractivity contribution in [3.8, 4) is 0 Å². The summed E-state index contributed by atoms with van der Waals surface area (Å²) in [5.74, 6) is 0.701. The Kier molecular flexibility index (Phi) is 4.39. The fourth-order valence-electron chi connectivity index (χ4n) is 2.02. The zero-order chi connectivity index (χ0) is 11.4. The van der Waals surface area contributed by atoms with Crippen LogP contribution in [0, 0.1) is 0 Å². The summed E-state index contributed by atoms with van der Waals surface area (Å²) < 4.78 is 0. The summed E-state index contributed by atoms with van der Waals surface area (Å²) in [6.07, 6.45) is 0. The molecule has 1 aliphatic heterocycles. The Hall–Kier alpha value is -0.770. The van der Waals surface area contributed by atoms with Crippen LogP contribution in [0.2, 0.25) is 0 Å². The van der Waals surface area contributed by atoms with Crippen LogP contribution in [-0.2, 0) is 0 Å². The van der Waals surface area contributed by atoms with E-state index < -0.39 is 0 Å². The number of nitrogens with zero attached hydrogens (tertiary/aromatic N) is 3. The molecule has 1 aliphatic rings. The predicted molar refractivity (Wildman–Crippen MR) is 65.0 cm³/mol. The first-order valence-electron chi connectivity index (χ1n) is 5.86. The monoisotopic (exact) mass is 212 g/mol. The van der Waals surface area contributed by atoms with Crippen LogP contribution in [0.4, 0.5) is 0 Å². The van der Waals surface area contributed by atoms with E-state index in [9.17, 15) is 0 Å². The number of rotatable bonds is 2. The Morgan fingerprint density at radius 2 is 2.13 bits per heavy atom. The molecule has 1 unspecified atom stereocenters. The number of piperazine rings is 1. The van der Waals surface area contributed by atoms with Gasteiger partial charge in [-0.25, -0.2) is 0 Å². The van der Waals surface area contributed by atoms with E-state index in [0.717, 1.165) is 26.2 Å². The van der Waals surface area contributed by atoms with E-state index >= 15 is 0 Å². The summed E-state index contributed by atoms with van der Waals surface area (Å²) in [6.45, 7) is 12.8. The van der Waals surface area contributed by atoms with Gasteiger partial charge in [-0.05, 0) is 27.3 Å². The van der Waals surface area contributed by atoms with E-state index in [-0.39, 0.29) is 6.04 Å². The summed E-state index contributed by atoms with van der Waals surface area (Å²) in [7, 11) is 0. The maximum atomic E-state index is 5.96. The molecule has 4 nitrogen and oxygen atoms in total. The Morgan fingerprint density at radius 3 is 2.60 bits per heavy atom. The van der Waals surface area contributed by atoms with Crippen molar-refractivity contribution in [3.63, 3.8) is 0 Å². The standard InChI is InChI=1S/C11H24N4/c1-5-14-6-7-15(8-10(14)4)11(12)13-9(2)3/h9-10H,5-8H2,1-4H3,(H2,12,13). The molecule has 2 N–H and O–H groups in total. The molecule has 1 saturated heterocycles. The third-order valence-electron chi connectivity index (χ3n) is 2.89. The minimum atomic E-state index is 0.282. The molecule has 15 heavy (non-hydrogen) atoms. The summed E-state index contributed by atoms with van der Waals surface area (Å²) >= 11 is 0. The topological polar surface area (TPSA) is 44.9 Å². The lowest BCUT2D eigenvalue weighted by molar-refractivity contribution is 0.128. The van der Waals surface area contributed by atoms with Gasteiger partial charge in [0.1, 0.15) is 0 Å². The molecule has 0 spiro atoms. The smallest absolute Gasteiger partial charge is 0.191 e. The van der Waals surface area contributed by atoms with Crippen molar-refractivity contribution in [2.45, 2.75) is 39.8 Å². The number of hydrogen-bond donors (Lipinski definition) is 1. The van der Waals surface area contributed by atoms with Gasteiger partial charge in [-0.15, -0.1) is 0 Å². The average Bonchev–Trinajstić information content (AvgIpc) is 2.16. The van der Waals surface area contributed by atoms with Gasteiger partial charge in [0, 0.05) is 31.7 Å². The number of hydrogen-bond acceptors (Lipinski definition) is 2. The lowest BCUT2D eigenvalue weighted by Crippen LogP contribution is -2.55. The summed E-state index contributed by atoms with van der Waals surface area (Å²) in [5, 5.41) is 0. The van der Waals surface area contributed by atoms with E-state index in [0.29, 0.717) is 12.0 Å². The molecule has 1 fully saturated rings. The Balaban J connectivity index is 2.54. The predicted octanol–water partition coefficient (Wildman–Crippen LogP) is 0.736. The molecular weight excluding hydrogens is 188 g/mol. The molecule has 1 heterocycles. The van der Waals surface area contributed by atoms with Crippen LogP contribution in [0.15, 0.2) is 4.99 Å². The molecule has 88 valence electrons. The van der Waals surface area contributed by atoms with Crippen molar-refractivity contribution in [3.05, 3.63) is 0 Å². The van der Waals surface area contributed by atoms with Crippen molar-refractivity contribution in [1.82, 2.24) is 9.80 Å². The van der Waals surface area contributed by atoms with Gasteiger partial charge in [-0.3, -0.25) is 9.89 Å². The third kappa shape index (κ3) is 3.38. The molecule has 0 aromatic heterocycles. The van der Waals surface area contributed by atoms with Crippen LogP contribution in [0.1, 0.15) is 27.7 Å². The number of aliphatic imine (C=N–C) groups is 1. The summed E-state index contributed by atoms with van der Waals surface area (Å²) in [6, 6.07) is 0.856. The van der Waals surface area contributed by atoms with Crippen LogP contribution in [0.3, 0.4) is 0 Å². The number of guanidine groups is 1. The lowest BCUT2D eigenvalue weighted by Gasteiger charge is -2.39. The summed E-state index contributed by atoms with van der Waals surface area (Å²) in [5.41, 5.74) is 5.96. The molecule has 0 amide bonds. The second-order valence-corrected chi connectivity index (χ2v) is 4.50. The van der Waals surface area contributed by atoms with E-state index in [4.69, 9.17) is 5.73 Å². The van der Waals surface area contributed by atoms with Crippen LogP contribution in [0.5, 0.6) is 0 Å². The minimum Gasteiger partial charge on any atom is -0.370 e. The lowest BCUT2D eigenvalue weighted by atomic mass is 10.2. The van der Waals surface area contributed by atoms with Gasteiger partial charge < -0.3 is 10.6 Å². The van der Waals surface area contributed by atoms with Crippen molar-refractivity contribution < 1.29 is 0 Å². The maximum Gasteiger partial charge on any atom is 0.191 e. The highest BCUT2D eigenvalue weighted by Crippen LogP contribution is 2.08. The number of likely N-dealkylation sites (N-methyl/N-ethyl adjacent to an activating group) is 1. The second kappa shape index (κ2) is 5.35. The van der Waals surface area contributed by atoms with Crippen molar-refractivity contribution in [2.75, 3.05) is 26.2 Å². The van der Waals surface area contributed by atoms with Gasteiger partial charge in [0.2, 0.25) is 0 Å². The minimum absolute atomic E-state index is 0.282. The molecule has 4 heteroatoms. The molecule has 0 saturated carbocycles. The molecule has 0 aromatic carbocycles. The zero-order valence-electron chi connectivity index (χ0n) is 10.4. The van der Waals surface area contributed by atoms with Crippen LogP contribution in [-0.4, -0.2) is 54.0 Å². The van der Waals surface area contributed by atoms with Crippen LogP contribution >= 0.6 is 0 Å². The molecule has 0 bridgehead atoms. The van der Waals surface area contributed by atoms with Gasteiger partial charge in [0.05, 0.1) is 0 Å². The molecule has 1 rings (SSSR count). The van der Waals surface area contributed by atoms with Crippen molar-refractivity contribution >= 4 is 5.96 Å². The highest BCUT2D eigenvalue weighted by Gasteiger charge is 2.23. The fourth-order valence-corrected chi connectivity index (χ4v) is 2.02. The second-order valence-electron chi connectivity index (χ2n) is 4.50. The molecule has 0 aliphatic carbocycles. The van der Waals surface area contributed by atoms with Crippen molar-refractivity contribution in [1.29, 1.82) is 0 Å². The maximum absolute atomic E-state index is 5.96. The van der Waals surface area contributed by atoms with E-state index in [2.05, 4.69) is 42.5 Å². The summed E-state index contributed by atoms with van der Waals surface area (Å²) in [4.78, 5) is 9.05. The quantitative estimate of drug-likeness (QED) is 0.542. The third-order valence-corrected chi connectivity index (χ3v) is 2.89. The van der Waals surface area contributed by atoms with Crippen LogP contribution < -0.4 is 5.73 Å². The Labute approximate surface area is 93.1 Å². The Bertz CT molecular complexity index is 225. The molecular formula is C11H24N4. The first-order chi connectivity index (χ1) is 7.04. The zero-order valence-corrected chi connectivity index (χ0v) is 10.4. The molecule has 1 atom stereocenters. The largest absolute Gasteiger partial charge is 0.370 e. The SMILES string of the molecule is CCN1CCN(C(N)=NC(C)C)CC1C. The van der Waals surface area contributed by atoms with Gasteiger partial charge in [0.15, 0.2) is 5.96 Å². The van der Waals surface area contributed by atoms with Crippen LogP contribution in [0.25, 0.3) is 0 Å². The highest BCUT2D eigenvalue weighted by molar-refractivity contribution is 5.78. The number of nitrogens with two attached hydrogens (primary N) is 1. The normalized spacial score (nSPS) is 25.0. The molecule has 0 aromatic rings. The first kappa shape index (κ1) is 12.3. The fraction of sp³-hybridized carbons (Fsp3) is 0.909. The van der Waals surface area contributed by atoms with E-state index in [1.165, 1.54) is 0 Å². The first-order valence-corrected chi connectivity index (χ1v) is 5.86. The van der Waals surface area contributed by atoms with E-state index in [1.807, 2.05) is 0 Å². The van der Waals surface area contributed by atoms with Gasteiger partial charge in [-0.1, -0.05) is 6.92 Å². The van der Waals surface area contributed by atoms with Crippen molar-refractivity contribution in [2.24, 2.45) is 10.7 Å². The average molecular weight is 212 g/mol. The van der Waals surface area contributed by atoms with E-state index in [1.54, 1.807) is 0 Å². The Morgan fingerprint density at radius 1 is 1.47 bits per heavy atom. The molecule has 0 radical (unpaired) electrons.